The van der Waals surface area contributed by atoms with Gasteiger partial charge in [-0.15, -0.1) is 0 Å². The molecule has 5 nitrogen and oxygen atoms in total. The van der Waals surface area contributed by atoms with Gasteiger partial charge in [0.05, 0.1) is 0 Å². The Hall–Kier alpha value is -1.10. The summed E-state index contributed by atoms with van der Waals surface area (Å²) in [6.45, 7) is 2.21. The van der Waals surface area contributed by atoms with Crippen molar-refractivity contribution >= 4 is 11.8 Å². The number of nitrogens with one attached hydrogen (secondary N) is 1. The van der Waals surface area contributed by atoms with Crippen LogP contribution in [-0.4, -0.2) is 29.8 Å². The van der Waals surface area contributed by atoms with Crippen molar-refractivity contribution in [2.75, 3.05) is 7.05 Å². The zero-order chi connectivity index (χ0) is 11.4. The lowest BCUT2D eigenvalue weighted by molar-refractivity contribution is -0.146. The summed E-state index contributed by atoms with van der Waals surface area (Å²) in [6, 6.07) is 0.186. The van der Waals surface area contributed by atoms with Gasteiger partial charge in [-0.05, 0) is 31.6 Å². The number of amides is 2. The smallest absolute Gasteiger partial charge is 0.323 e. The van der Waals surface area contributed by atoms with Crippen molar-refractivity contribution < 1.29 is 9.59 Å². The number of carbonyl (C=O) groups is 2. The highest BCUT2D eigenvalue weighted by atomic mass is 16.2. The van der Waals surface area contributed by atoms with Gasteiger partial charge in [0.1, 0.15) is 0 Å². The van der Waals surface area contributed by atoms with E-state index in [9.17, 15) is 9.59 Å². The quantitative estimate of drug-likeness (QED) is 0.279. The number of likely N-dealkylation sites (N-methyl/N-ethyl adjacent to an activating group) is 1. The molecule has 0 spiro atoms. The van der Waals surface area contributed by atoms with Crippen molar-refractivity contribution in [3.8, 4) is 0 Å². The third-order valence-electron chi connectivity index (χ3n) is 3.18. The fourth-order valence-corrected chi connectivity index (χ4v) is 2.02. The maximum atomic E-state index is 11.5. The summed E-state index contributed by atoms with van der Waals surface area (Å²) in [4.78, 5) is 24.0. The van der Waals surface area contributed by atoms with Crippen molar-refractivity contribution in [2.24, 2.45) is 11.8 Å². The molecule has 0 aromatic carbocycles. The lowest BCUT2D eigenvalue weighted by Crippen LogP contribution is -2.48. The second-order valence-electron chi connectivity index (χ2n) is 4.30. The monoisotopic (exact) mass is 213 g/mol. The molecule has 0 unspecified atom stereocenters. The van der Waals surface area contributed by atoms with Gasteiger partial charge in [-0.3, -0.25) is 15.0 Å². The molecule has 1 rings (SSSR count). The molecule has 0 bridgehead atoms. The minimum Gasteiger partial charge on any atom is -0.334 e. The molecule has 0 heterocycles. The van der Waals surface area contributed by atoms with Crippen LogP contribution in [0.3, 0.4) is 0 Å². The van der Waals surface area contributed by atoms with Crippen LogP contribution < -0.4 is 11.3 Å². The largest absolute Gasteiger partial charge is 0.334 e. The predicted octanol–water partition coefficient (Wildman–Crippen LogP) is 0.0134. The van der Waals surface area contributed by atoms with Gasteiger partial charge >= 0.3 is 11.8 Å². The van der Waals surface area contributed by atoms with Gasteiger partial charge in [-0.1, -0.05) is 6.92 Å². The Morgan fingerprint density at radius 3 is 2.27 bits per heavy atom. The van der Waals surface area contributed by atoms with Gasteiger partial charge in [0.15, 0.2) is 0 Å². The first kappa shape index (κ1) is 12.0. The van der Waals surface area contributed by atoms with Crippen molar-refractivity contribution in [2.45, 2.75) is 38.6 Å². The average molecular weight is 213 g/mol. The molecule has 0 saturated heterocycles. The summed E-state index contributed by atoms with van der Waals surface area (Å²) in [5.74, 6) is 4.36. The molecule has 1 fully saturated rings. The molecule has 1 aliphatic rings. The SMILES string of the molecule is CC1CCC(N(C)C(=O)C(=O)NN)CC1. The van der Waals surface area contributed by atoms with E-state index in [0.29, 0.717) is 0 Å². The molecule has 3 N–H and O–H groups in total. The lowest BCUT2D eigenvalue weighted by atomic mass is 9.87. The first-order valence-electron chi connectivity index (χ1n) is 5.34. The summed E-state index contributed by atoms with van der Waals surface area (Å²) < 4.78 is 0. The molecule has 86 valence electrons. The van der Waals surface area contributed by atoms with Crippen LogP contribution in [0.25, 0.3) is 0 Å². The van der Waals surface area contributed by atoms with Crippen LogP contribution in [0.15, 0.2) is 0 Å². The highest BCUT2D eigenvalue weighted by Crippen LogP contribution is 2.26. The van der Waals surface area contributed by atoms with E-state index in [1.165, 1.54) is 4.90 Å². The number of nitrogens with zero attached hydrogens (tertiary/aromatic N) is 1. The molecule has 1 aliphatic carbocycles. The van der Waals surface area contributed by atoms with E-state index in [-0.39, 0.29) is 6.04 Å². The Kier molecular flexibility index (Phi) is 4.08. The van der Waals surface area contributed by atoms with Crippen LogP contribution in [0.2, 0.25) is 0 Å². The summed E-state index contributed by atoms with van der Waals surface area (Å²) in [7, 11) is 1.66. The van der Waals surface area contributed by atoms with Crippen molar-refractivity contribution in [3.05, 3.63) is 0 Å². The normalized spacial score (nSPS) is 25.8. The molecule has 0 radical (unpaired) electrons. The highest BCUT2D eigenvalue weighted by molar-refractivity contribution is 6.34. The van der Waals surface area contributed by atoms with Gasteiger partial charge in [-0.25, -0.2) is 5.84 Å². The number of hydrazine groups is 1. The molecule has 0 atom stereocenters. The van der Waals surface area contributed by atoms with Gasteiger partial charge in [0.2, 0.25) is 0 Å². The Bertz CT molecular complexity index is 247. The zero-order valence-corrected chi connectivity index (χ0v) is 9.32. The van der Waals surface area contributed by atoms with E-state index in [0.717, 1.165) is 31.6 Å². The summed E-state index contributed by atoms with van der Waals surface area (Å²) in [5.41, 5.74) is 1.86. The van der Waals surface area contributed by atoms with Crippen molar-refractivity contribution in [1.82, 2.24) is 10.3 Å². The Labute approximate surface area is 90.0 Å². The maximum Gasteiger partial charge on any atom is 0.323 e. The topological polar surface area (TPSA) is 75.4 Å². The van der Waals surface area contributed by atoms with Gasteiger partial charge in [0.25, 0.3) is 0 Å². The summed E-state index contributed by atoms with van der Waals surface area (Å²) >= 11 is 0. The third kappa shape index (κ3) is 2.92. The average Bonchev–Trinajstić information content (AvgIpc) is 2.27. The van der Waals surface area contributed by atoms with E-state index >= 15 is 0 Å². The third-order valence-corrected chi connectivity index (χ3v) is 3.18. The van der Waals surface area contributed by atoms with Gasteiger partial charge in [0, 0.05) is 13.1 Å². The Morgan fingerprint density at radius 1 is 1.27 bits per heavy atom. The number of hydrogen-bond donors (Lipinski definition) is 2. The Morgan fingerprint density at radius 2 is 1.80 bits per heavy atom. The predicted molar refractivity (Wildman–Crippen MR) is 56.5 cm³/mol. The van der Waals surface area contributed by atoms with Crippen LogP contribution in [-0.2, 0) is 9.59 Å². The summed E-state index contributed by atoms with van der Waals surface area (Å²) in [5, 5.41) is 0. The fraction of sp³-hybridized carbons (Fsp3) is 0.800. The molecule has 5 heteroatoms. The molecule has 1 saturated carbocycles. The molecular formula is C10H19N3O2. The van der Waals surface area contributed by atoms with E-state index in [4.69, 9.17) is 5.84 Å². The lowest BCUT2D eigenvalue weighted by Gasteiger charge is -2.33. The van der Waals surface area contributed by atoms with Crippen molar-refractivity contribution in [3.63, 3.8) is 0 Å². The van der Waals surface area contributed by atoms with E-state index in [1.54, 1.807) is 7.05 Å². The van der Waals surface area contributed by atoms with Gasteiger partial charge in [-0.2, -0.15) is 0 Å². The summed E-state index contributed by atoms with van der Waals surface area (Å²) in [6.07, 6.45) is 4.18. The van der Waals surface area contributed by atoms with Crippen LogP contribution in [0.1, 0.15) is 32.6 Å². The molecule has 2 amide bonds. The van der Waals surface area contributed by atoms with Crippen molar-refractivity contribution in [1.29, 1.82) is 0 Å². The number of rotatable bonds is 1. The second kappa shape index (κ2) is 5.11. The minimum absolute atomic E-state index is 0.186. The van der Waals surface area contributed by atoms with Crippen LogP contribution in [0.4, 0.5) is 0 Å². The van der Waals surface area contributed by atoms with E-state index in [1.807, 2.05) is 5.43 Å². The highest BCUT2D eigenvalue weighted by Gasteiger charge is 2.27. The molecular weight excluding hydrogens is 194 g/mol. The maximum absolute atomic E-state index is 11.5. The standard InChI is InChI=1S/C10H19N3O2/c1-7-3-5-8(6-4-7)13(2)10(15)9(14)12-11/h7-8H,3-6,11H2,1-2H3,(H,12,14). The van der Waals surface area contributed by atoms with Crippen LogP contribution in [0, 0.1) is 5.92 Å². The molecule has 15 heavy (non-hydrogen) atoms. The van der Waals surface area contributed by atoms with E-state index in [2.05, 4.69) is 6.92 Å². The second-order valence-corrected chi connectivity index (χ2v) is 4.30. The first-order valence-corrected chi connectivity index (χ1v) is 5.34. The molecule has 0 aromatic heterocycles. The number of carbonyl (C=O) groups excluding carboxylic acids is 2. The minimum atomic E-state index is -0.740. The molecule has 0 aliphatic heterocycles. The first-order chi connectivity index (χ1) is 7.06. The van der Waals surface area contributed by atoms with Crippen LogP contribution in [0.5, 0.6) is 0 Å². The van der Waals surface area contributed by atoms with Crippen LogP contribution >= 0.6 is 0 Å². The zero-order valence-electron chi connectivity index (χ0n) is 9.32. The number of nitrogens with two attached hydrogens (primary N) is 1. The van der Waals surface area contributed by atoms with Gasteiger partial charge < -0.3 is 4.90 Å². The molecule has 0 aromatic rings. The number of hydrogen-bond acceptors (Lipinski definition) is 3. The fourth-order valence-electron chi connectivity index (χ4n) is 2.02. The Balaban J connectivity index is 2.49. The van der Waals surface area contributed by atoms with E-state index < -0.39 is 11.8 Å².